The lowest BCUT2D eigenvalue weighted by molar-refractivity contribution is -0.120. The maximum atomic E-state index is 12.4. The van der Waals surface area contributed by atoms with Gasteiger partial charge in [-0.1, -0.05) is 43.2 Å². The third kappa shape index (κ3) is 7.64. The van der Waals surface area contributed by atoms with Crippen molar-refractivity contribution in [3.8, 4) is 0 Å². The van der Waals surface area contributed by atoms with Gasteiger partial charge < -0.3 is 15.1 Å². The summed E-state index contributed by atoms with van der Waals surface area (Å²) in [5, 5.41) is 1.67. The maximum Gasteiger partial charge on any atom is 0.469 e. The predicted molar refractivity (Wildman–Crippen MR) is 105 cm³/mol. The van der Waals surface area contributed by atoms with Crippen LogP contribution in [-0.2, 0) is 30.1 Å². The second kappa shape index (κ2) is 9.98. The van der Waals surface area contributed by atoms with E-state index < -0.39 is 29.0 Å². The SMILES string of the molecule is CS(=O)(=O)C(C1CCCC1)C(CCNC(=O)Cc1ccccc1)OP(=O)(O)O. The number of hydrogen-bond acceptors (Lipinski definition) is 5. The van der Waals surface area contributed by atoms with Crippen molar-refractivity contribution in [1.82, 2.24) is 5.32 Å². The summed E-state index contributed by atoms with van der Waals surface area (Å²) in [4.78, 5) is 30.6. The Balaban J connectivity index is 2.03. The summed E-state index contributed by atoms with van der Waals surface area (Å²) >= 11 is 0. The summed E-state index contributed by atoms with van der Waals surface area (Å²) in [6.07, 6.45) is 3.18. The van der Waals surface area contributed by atoms with Crippen LogP contribution >= 0.6 is 7.82 Å². The molecule has 8 nitrogen and oxygen atoms in total. The lowest BCUT2D eigenvalue weighted by Crippen LogP contribution is -2.42. The number of nitrogens with one attached hydrogen (secondary N) is 1. The van der Waals surface area contributed by atoms with Crippen LogP contribution in [0.1, 0.15) is 37.7 Å². The van der Waals surface area contributed by atoms with E-state index in [-0.39, 0.29) is 31.2 Å². The van der Waals surface area contributed by atoms with E-state index in [1.54, 1.807) is 0 Å². The van der Waals surface area contributed by atoms with Crippen LogP contribution in [0.3, 0.4) is 0 Å². The highest BCUT2D eigenvalue weighted by atomic mass is 32.2. The van der Waals surface area contributed by atoms with Gasteiger partial charge >= 0.3 is 7.82 Å². The molecule has 3 N–H and O–H groups in total. The normalized spacial score (nSPS) is 18.0. The minimum atomic E-state index is -4.88. The van der Waals surface area contributed by atoms with Crippen molar-refractivity contribution in [2.45, 2.75) is 49.9 Å². The van der Waals surface area contributed by atoms with Gasteiger partial charge in [0, 0.05) is 12.8 Å². The Morgan fingerprint density at radius 3 is 2.39 bits per heavy atom. The molecule has 1 aromatic carbocycles. The summed E-state index contributed by atoms with van der Waals surface area (Å²) in [5.41, 5.74) is 0.836. The molecule has 0 radical (unpaired) electrons. The molecule has 28 heavy (non-hydrogen) atoms. The van der Waals surface area contributed by atoms with Crippen LogP contribution in [0.5, 0.6) is 0 Å². The zero-order chi connectivity index (χ0) is 20.8. The number of carbonyl (C=O) groups excluding carboxylic acids is 1. The second-order valence-electron chi connectivity index (χ2n) is 7.27. The van der Waals surface area contributed by atoms with Crippen LogP contribution in [0.25, 0.3) is 0 Å². The van der Waals surface area contributed by atoms with E-state index in [2.05, 4.69) is 5.32 Å². The molecule has 1 aliphatic rings. The van der Waals surface area contributed by atoms with Crippen molar-refractivity contribution in [2.24, 2.45) is 5.92 Å². The van der Waals surface area contributed by atoms with Gasteiger partial charge in [-0.25, -0.2) is 13.0 Å². The molecule has 1 amide bonds. The summed E-state index contributed by atoms with van der Waals surface area (Å²) < 4.78 is 41.0. The van der Waals surface area contributed by atoms with E-state index in [1.807, 2.05) is 30.3 Å². The molecule has 1 fully saturated rings. The van der Waals surface area contributed by atoms with E-state index in [0.29, 0.717) is 12.8 Å². The molecule has 158 valence electrons. The zero-order valence-corrected chi connectivity index (χ0v) is 17.6. The zero-order valence-electron chi connectivity index (χ0n) is 15.9. The van der Waals surface area contributed by atoms with E-state index in [0.717, 1.165) is 24.7 Å². The van der Waals surface area contributed by atoms with E-state index in [4.69, 9.17) is 4.52 Å². The Bertz CT molecular complexity index is 787. The number of amides is 1. The molecule has 2 unspecified atom stereocenters. The highest BCUT2D eigenvalue weighted by molar-refractivity contribution is 7.91. The minimum Gasteiger partial charge on any atom is -0.356 e. The molecular weight excluding hydrogens is 405 g/mol. The topological polar surface area (TPSA) is 130 Å². The molecule has 2 atom stereocenters. The summed E-state index contributed by atoms with van der Waals surface area (Å²) in [5.74, 6) is -0.454. The molecule has 1 aliphatic carbocycles. The Morgan fingerprint density at radius 1 is 1.25 bits per heavy atom. The number of phosphoric ester groups is 1. The van der Waals surface area contributed by atoms with Gasteiger partial charge in [-0.15, -0.1) is 0 Å². The van der Waals surface area contributed by atoms with Gasteiger partial charge in [-0.05, 0) is 30.7 Å². The number of hydrogen-bond donors (Lipinski definition) is 3. The minimum absolute atomic E-state index is 0.000123. The monoisotopic (exact) mass is 433 g/mol. The molecule has 0 aromatic heterocycles. The van der Waals surface area contributed by atoms with E-state index >= 15 is 0 Å². The summed E-state index contributed by atoms with van der Waals surface area (Å²) in [7, 11) is -8.48. The molecule has 0 bridgehead atoms. The van der Waals surface area contributed by atoms with Crippen LogP contribution in [0.15, 0.2) is 30.3 Å². The Kier molecular flexibility index (Phi) is 8.21. The summed E-state index contributed by atoms with van der Waals surface area (Å²) in [6.45, 7) is 0.0646. The third-order valence-electron chi connectivity index (χ3n) is 4.96. The highest BCUT2D eigenvalue weighted by Crippen LogP contribution is 2.43. The lowest BCUT2D eigenvalue weighted by Gasteiger charge is -2.30. The van der Waals surface area contributed by atoms with E-state index in [1.165, 1.54) is 0 Å². The first-order chi connectivity index (χ1) is 13.1. The Labute approximate surface area is 165 Å². The molecule has 0 spiro atoms. The fourth-order valence-electron chi connectivity index (χ4n) is 3.87. The van der Waals surface area contributed by atoms with E-state index in [9.17, 15) is 27.6 Å². The van der Waals surface area contributed by atoms with Crippen molar-refractivity contribution in [3.05, 3.63) is 35.9 Å². The van der Waals surface area contributed by atoms with Crippen LogP contribution in [0, 0.1) is 5.92 Å². The molecule has 10 heteroatoms. The first-order valence-corrected chi connectivity index (χ1v) is 12.8. The van der Waals surface area contributed by atoms with Gasteiger partial charge in [0.15, 0.2) is 9.84 Å². The van der Waals surface area contributed by atoms with Crippen molar-refractivity contribution in [3.63, 3.8) is 0 Å². The van der Waals surface area contributed by atoms with Gasteiger partial charge in [-0.3, -0.25) is 9.32 Å². The first kappa shape index (κ1) is 23.0. The van der Waals surface area contributed by atoms with Gasteiger partial charge in [0.25, 0.3) is 0 Å². The molecule has 0 aliphatic heterocycles. The van der Waals surface area contributed by atoms with Crippen molar-refractivity contribution in [1.29, 1.82) is 0 Å². The quantitative estimate of drug-likeness (QED) is 0.480. The highest BCUT2D eigenvalue weighted by Gasteiger charge is 2.41. The first-order valence-electron chi connectivity index (χ1n) is 9.30. The predicted octanol–water partition coefficient (Wildman–Crippen LogP) is 1.82. The Hall–Kier alpha value is -1.25. The molecule has 1 saturated carbocycles. The van der Waals surface area contributed by atoms with Gasteiger partial charge in [0.05, 0.1) is 17.8 Å². The third-order valence-corrected chi connectivity index (χ3v) is 7.18. The molecule has 1 aromatic rings. The summed E-state index contributed by atoms with van der Waals surface area (Å²) in [6, 6.07) is 9.13. The number of benzene rings is 1. The number of sulfone groups is 1. The molecule has 0 heterocycles. The van der Waals surface area contributed by atoms with Crippen LogP contribution in [0.2, 0.25) is 0 Å². The fourth-order valence-corrected chi connectivity index (χ4v) is 6.25. The molecule has 2 rings (SSSR count). The van der Waals surface area contributed by atoms with Crippen LogP contribution < -0.4 is 5.32 Å². The largest absolute Gasteiger partial charge is 0.469 e. The van der Waals surface area contributed by atoms with Gasteiger partial charge in [-0.2, -0.15) is 0 Å². The fraction of sp³-hybridized carbons (Fsp3) is 0.611. The standard InChI is InChI=1S/C18H28NO7PS/c1-28(24,25)18(15-9-5-6-10-15)16(26-27(21,22)23)11-12-19-17(20)13-14-7-3-2-4-8-14/h2-4,7-8,15-16,18H,5-6,9-13H2,1H3,(H,19,20)(H2,21,22,23). The number of phosphoric acid groups is 1. The second-order valence-corrected chi connectivity index (χ2v) is 10.7. The average molecular weight is 433 g/mol. The van der Waals surface area contributed by atoms with Crippen LogP contribution in [0.4, 0.5) is 0 Å². The molecular formula is C18H28NO7PS. The lowest BCUT2D eigenvalue weighted by atomic mass is 9.97. The van der Waals surface area contributed by atoms with Crippen molar-refractivity contribution >= 4 is 23.6 Å². The van der Waals surface area contributed by atoms with Gasteiger partial charge in [0.2, 0.25) is 5.91 Å². The Morgan fingerprint density at radius 2 is 1.86 bits per heavy atom. The van der Waals surface area contributed by atoms with Gasteiger partial charge in [0.1, 0.15) is 0 Å². The van der Waals surface area contributed by atoms with Crippen molar-refractivity contribution < 1.29 is 32.1 Å². The number of rotatable bonds is 10. The van der Waals surface area contributed by atoms with Crippen LogP contribution in [-0.4, -0.2) is 48.3 Å². The maximum absolute atomic E-state index is 12.4. The molecule has 0 saturated heterocycles. The number of carbonyl (C=O) groups is 1. The smallest absolute Gasteiger partial charge is 0.356 e. The van der Waals surface area contributed by atoms with Crippen molar-refractivity contribution in [2.75, 3.05) is 12.8 Å². The average Bonchev–Trinajstić information content (AvgIpc) is 3.06.